The SMILES string of the molecule is CCOC(=O)C1=C(C)N=c2s/c(=C\c3ccc(Oc4ccc([N+](=O)[O-])cc4[N+](=O)[O-])cc3)c(=O)n2[C@@H]1c1c(OC)ccc2ccccc12. The number of rotatable bonds is 9. The Morgan fingerprint density at radius 1 is 1.00 bits per heavy atom. The smallest absolute Gasteiger partial charge is 0.338 e. The second kappa shape index (κ2) is 12.9. The van der Waals surface area contributed by atoms with Gasteiger partial charge in [0.15, 0.2) is 4.80 Å². The standard InChI is InChI=1S/C34H26N4O9S/c1-4-46-33(40)29-19(2)35-34-36(31(29)30-24-8-6-5-7-21(24)11-15-27(30)45-3)32(39)28(48-34)17-20-9-13-23(14-10-20)47-26-16-12-22(37(41)42)18-25(26)38(43)44/h5-18,31H,4H2,1-3H3/b28-17-/t31-/m0/s1. The molecule has 1 aliphatic heterocycles. The molecule has 0 fully saturated rings. The van der Waals surface area contributed by atoms with Crippen LogP contribution in [0.5, 0.6) is 17.2 Å². The maximum Gasteiger partial charge on any atom is 0.338 e. The van der Waals surface area contributed by atoms with E-state index >= 15 is 0 Å². The Labute approximate surface area is 275 Å². The second-order valence-corrected chi connectivity index (χ2v) is 11.6. The first-order chi connectivity index (χ1) is 23.1. The van der Waals surface area contributed by atoms with E-state index in [4.69, 9.17) is 14.2 Å². The molecule has 0 saturated carbocycles. The summed E-state index contributed by atoms with van der Waals surface area (Å²) in [5.41, 5.74) is 0.528. The molecular formula is C34H26N4O9S. The predicted molar refractivity (Wildman–Crippen MR) is 177 cm³/mol. The number of nitrogens with zero attached hydrogens (tertiary/aromatic N) is 4. The minimum atomic E-state index is -0.892. The largest absolute Gasteiger partial charge is 0.496 e. The van der Waals surface area contributed by atoms with E-state index in [0.29, 0.717) is 31.9 Å². The van der Waals surface area contributed by atoms with Crippen molar-refractivity contribution in [2.75, 3.05) is 13.7 Å². The molecule has 242 valence electrons. The Morgan fingerprint density at radius 2 is 1.73 bits per heavy atom. The summed E-state index contributed by atoms with van der Waals surface area (Å²) >= 11 is 1.16. The number of thiazole rings is 1. The van der Waals surface area contributed by atoms with Crippen LogP contribution in [0.25, 0.3) is 16.8 Å². The van der Waals surface area contributed by atoms with Crippen molar-refractivity contribution in [1.82, 2.24) is 4.57 Å². The van der Waals surface area contributed by atoms with Crippen molar-refractivity contribution in [2.45, 2.75) is 19.9 Å². The zero-order chi connectivity index (χ0) is 34.1. The summed E-state index contributed by atoms with van der Waals surface area (Å²) in [6.07, 6.45) is 1.67. The first kappa shape index (κ1) is 31.8. The van der Waals surface area contributed by atoms with Gasteiger partial charge < -0.3 is 14.2 Å². The zero-order valence-corrected chi connectivity index (χ0v) is 26.6. The van der Waals surface area contributed by atoms with Crippen LogP contribution in [0.1, 0.15) is 31.0 Å². The minimum absolute atomic E-state index is 0.136. The van der Waals surface area contributed by atoms with E-state index in [-0.39, 0.29) is 29.2 Å². The van der Waals surface area contributed by atoms with Crippen molar-refractivity contribution < 1.29 is 28.9 Å². The molecule has 0 radical (unpaired) electrons. The minimum Gasteiger partial charge on any atom is -0.496 e. The molecule has 0 saturated heterocycles. The molecule has 13 nitrogen and oxygen atoms in total. The summed E-state index contributed by atoms with van der Waals surface area (Å²) in [5.74, 6) is -0.0166. The molecule has 0 aliphatic carbocycles. The number of aromatic nitrogens is 1. The lowest BCUT2D eigenvalue weighted by atomic mass is 9.90. The zero-order valence-electron chi connectivity index (χ0n) is 25.7. The summed E-state index contributed by atoms with van der Waals surface area (Å²) in [6, 6.07) is 20.0. The number of fused-ring (bicyclic) bond motifs is 2. The van der Waals surface area contributed by atoms with Gasteiger partial charge in [-0.1, -0.05) is 53.8 Å². The van der Waals surface area contributed by atoms with Crippen molar-refractivity contribution in [3.05, 3.63) is 141 Å². The highest BCUT2D eigenvalue weighted by Crippen LogP contribution is 2.40. The van der Waals surface area contributed by atoms with Crippen LogP contribution >= 0.6 is 11.3 Å². The van der Waals surface area contributed by atoms with Gasteiger partial charge >= 0.3 is 11.7 Å². The average Bonchev–Trinajstić information content (AvgIpc) is 3.38. The molecule has 1 aromatic heterocycles. The molecule has 1 aliphatic rings. The molecule has 4 aromatic carbocycles. The van der Waals surface area contributed by atoms with Gasteiger partial charge in [-0.3, -0.25) is 29.6 Å². The molecule has 14 heteroatoms. The molecule has 0 N–H and O–H groups in total. The molecule has 5 aromatic rings. The average molecular weight is 667 g/mol. The van der Waals surface area contributed by atoms with E-state index in [2.05, 4.69) is 4.99 Å². The lowest BCUT2D eigenvalue weighted by Crippen LogP contribution is -2.40. The Balaban J connectivity index is 1.44. The third-order valence-corrected chi connectivity index (χ3v) is 8.68. The summed E-state index contributed by atoms with van der Waals surface area (Å²) in [6.45, 7) is 3.55. The summed E-state index contributed by atoms with van der Waals surface area (Å²) in [5, 5.41) is 24.3. The van der Waals surface area contributed by atoms with Gasteiger partial charge in [0.05, 0.1) is 45.4 Å². The highest BCUT2D eigenvalue weighted by Gasteiger charge is 2.36. The third-order valence-electron chi connectivity index (χ3n) is 7.70. The third kappa shape index (κ3) is 5.80. The quantitative estimate of drug-likeness (QED) is 0.111. The first-order valence-corrected chi connectivity index (χ1v) is 15.4. The van der Waals surface area contributed by atoms with Gasteiger partial charge in [0, 0.05) is 11.6 Å². The van der Waals surface area contributed by atoms with Crippen molar-refractivity contribution in [3.63, 3.8) is 0 Å². The van der Waals surface area contributed by atoms with Crippen molar-refractivity contribution in [2.24, 2.45) is 4.99 Å². The van der Waals surface area contributed by atoms with E-state index < -0.39 is 33.2 Å². The molecular weight excluding hydrogens is 640 g/mol. The van der Waals surface area contributed by atoms with Gasteiger partial charge in [0.2, 0.25) is 5.75 Å². The number of allylic oxidation sites excluding steroid dienone is 1. The number of carbonyl (C=O) groups excluding carboxylic acids is 1. The number of hydrogen-bond donors (Lipinski definition) is 0. The molecule has 0 spiro atoms. The van der Waals surface area contributed by atoms with Gasteiger partial charge in [-0.25, -0.2) is 9.79 Å². The van der Waals surface area contributed by atoms with Crippen LogP contribution in [0.4, 0.5) is 11.4 Å². The summed E-state index contributed by atoms with van der Waals surface area (Å²) < 4.78 is 18.7. The Morgan fingerprint density at radius 3 is 2.42 bits per heavy atom. The van der Waals surface area contributed by atoms with Crippen LogP contribution in [-0.2, 0) is 9.53 Å². The highest BCUT2D eigenvalue weighted by atomic mass is 32.1. The molecule has 2 heterocycles. The fourth-order valence-corrected chi connectivity index (χ4v) is 6.61. The number of non-ortho nitro benzene ring substituents is 1. The van der Waals surface area contributed by atoms with Crippen LogP contribution in [0.15, 0.2) is 99.9 Å². The Kier molecular flexibility index (Phi) is 8.57. The molecule has 48 heavy (non-hydrogen) atoms. The van der Waals surface area contributed by atoms with Crippen LogP contribution in [-0.4, -0.2) is 34.1 Å². The number of nitro benzene ring substituents is 2. The fourth-order valence-electron chi connectivity index (χ4n) is 5.56. The van der Waals surface area contributed by atoms with E-state index in [1.807, 2.05) is 30.3 Å². The van der Waals surface area contributed by atoms with Crippen LogP contribution in [0.3, 0.4) is 0 Å². The van der Waals surface area contributed by atoms with Gasteiger partial charge in [-0.15, -0.1) is 0 Å². The van der Waals surface area contributed by atoms with Crippen molar-refractivity contribution in [3.8, 4) is 17.2 Å². The van der Waals surface area contributed by atoms with Gasteiger partial charge in [-0.2, -0.15) is 0 Å². The number of nitro groups is 2. The van der Waals surface area contributed by atoms with Crippen molar-refractivity contribution >= 4 is 45.5 Å². The van der Waals surface area contributed by atoms with Crippen LogP contribution < -0.4 is 24.4 Å². The predicted octanol–water partition coefficient (Wildman–Crippen LogP) is 5.57. The monoisotopic (exact) mass is 666 g/mol. The van der Waals surface area contributed by atoms with Gasteiger partial charge in [0.1, 0.15) is 17.5 Å². The number of methoxy groups -OCH3 is 1. The lowest BCUT2D eigenvalue weighted by Gasteiger charge is -2.27. The number of benzene rings is 4. The number of ether oxygens (including phenoxy) is 3. The fraction of sp³-hybridized carbons (Fsp3) is 0.147. The van der Waals surface area contributed by atoms with Crippen LogP contribution in [0.2, 0.25) is 0 Å². The lowest BCUT2D eigenvalue weighted by molar-refractivity contribution is -0.394. The maximum atomic E-state index is 14.2. The number of carbonyl (C=O) groups is 1. The molecule has 0 amide bonds. The first-order valence-electron chi connectivity index (χ1n) is 14.6. The van der Waals surface area contributed by atoms with Gasteiger partial charge in [0.25, 0.3) is 11.2 Å². The number of hydrogen-bond acceptors (Lipinski definition) is 11. The highest BCUT2D eigenvalue weighted by molar-refractivity contribution is 7.07. The molecule has 1 atom stereocenters. The van der Waals surface area contributed by atoms with E-state index in [1.165, 1.54) is 17.7 Å². The van der Waals surface area contributed by atoms with Crippen molar-refractivity contribution in [1.29, 1.82) is 0 Å². The van der Waals surface area contributed by atoms with Gasteiger partial charge in [-0.05, 0) is 60.5 Å². The molecule has 0 unspecified atom stereocenters. The summed E-state index contributed by atoms with van der Waals surface area (Å²) in [4.78, 5) is 53.7. The normalized spacial score (nSPS) is 14.3. The maximum absolute atomic E-state index is 14.2. The number of esters is 1. The van der Waals surface area contributed by atoms with Crippen LogP contribution in [0, 0.1) is 20.2 Å². The molecule has 0 bridgehead atoms. The second-order valence-electron chi connectivity index (χ2n) is 10.5. The Hall–Kier alpha value is -6.15. The van der Waals surface area contributed by atoms with E-state index in [1.54, 1.807) is 50.3 Å². The Bertz CT molecular complexity index is 2340. The topological polar surface area (TPSA) is 165 Å². The van der Waals surface area contributed by atoms with E-state index in [9.17, 15) is 29.8 Å². The van der Waals surface area contributed by atoms with E-state index in [0.717, 1.165) is 34.2 Å². The molecule has 6 rings (SSSR count). The summed E-state index contributed by atoms with van der Waals surface area (Å²) in [7, 11) is 1.53.